The molecule has 0 fully saturated rings. The number of carbonyl (C=O) groups excluding carboxylic acids is 1. The number of carbonyl (C=O) groups is 1. The molecule has 98 valence electrons. The minimum absolute atomic E-state index is 0.248. The van der Waals surface area contributed by atoms with Crippen LogP contribution in [0.3, 0.4) is 0 Å². The van der Waals surface area contributed by atoms with Crippen molar-refractivity contribution in [2.75, 3.05) is 5.32 Å². The van der Waals surface area contributed by atoms with Gasteiger partial charge in [0.25, 0.3) is 0 Å². The monoisotopic (exact) mass is 260 g/mol. The van der Waals surface area contributed by atoms with Gasteiger partial charge < -0.3 is 15.8 Å². The van der Waals surface area contributed by atoms with E-state index in [2.05, 4.69) is 5.32 Å². The molecule has 2 aromatic carbocycles. The third-order valence-corrected chi connectivity index (χ3v) is 2.40. The van der Waals surface area contributed by atoms with Crippen LogP contribution in [0.2, 0.25) is 0 Å². The topological polar surface area (TPSA) is 64.4 Å². The molecule has 2 rings (SSSR count). The Morgan fingerprint density at radius 3 is 2.74 bits per heavy atom. The summed E-state index contributed by atoms with van der Waals surface area (Å²) >= 11 is 0. The normalized spacial score (nSPS) is 9.95. The van der Waals surface area contributed by atoms with E-state index in [9.17, 15) is 9.18 Å². The fraction of sp³-hybridized carbons (Fsp3) is 0.0714. The first kappa shape index (κ1) is 12.9. The van der Waals surface area contributed by atoms with E-state index < -0.39 is 6.03 Å². The summed E-state index contributed by atoms with van der Waals surface area (Å²) in [6, 6.07) is 12.4. The molecule has 0 aliphatic carbocycles. The molecule has 0 unspecified atom stereocenters. The molecule has 2 amide bonds. The first-order chi connectivity index (χ1) is 9.13. The summed E-state index contributed by atoms with van der Waals surface area (Å²) in [5.41, 5.74) is 6.30. The highest BCUT2D eigenvalue weighted by Crippen LogP contribution is 2.18. The zero-order valence-corrected chi connectivity index (χ0v) is 10.1. The summed E-state index contributed by atoms with van der Waals surface area (Å²) < 4.78 is 18.5. The van der Waals surface area contributed by atoms with Crippen LogP contribution in [0, 0.1) is 5.82 Å². The Kier molecular flexibility index (Phi) is 3.97. The molecule has 3 N–H and O–H groups in total. The van der Waals surface area contributed by atoms with E-state index >= 15 is 0 Å². The van der Waals surface area contributed by atoms with E-state index in [1.165, 1.54) is 12.1 Å². The number of rotatable bonds is 4. The van der Waals surface area contributed by atoms with E-state index in [0.29, 0.717) is 11.4 Å². The van der Waals surface area contributed by atoms with Crippen LogP contribution in [0.1, 0.15) is 5.56 Å². The average Bonchev–Trinajstić information content (AvgIpc) is 2.36. The van der Waals surface area contributed by atoms with Gasteiger partial charge in [0.05, 0.1) is 0 Å². The summed E-state index contributed by atoms with van der Waals surface area (Å²) in [7, 11) is 0. The van der Waals surface area contributed by atoms with Gasteiger partial charge >= 0.3 is 6.03 Å². The summed E-state index contributed by atoms with van der Waals surface area (Å²) in [4.78, 5) is 10.7. The standard InChI is InChI=1S/C14H13FN2O2/c15-11-4-1-3-10(7-11)9-19-13-6-2-5-12(8-13)17-14(16)18/h1-8H,9H2,(H3,16,17,18). The second kappa shape index (κ2) is 5.86. The van der Waals surface area contributed by atoms with Gasteiger partial charge in [-0.25, -0.2) is 9.18 Å². The van der Waals surface area contributed by atoms with Crippen molar-refractivity contribution >= 4 is 11.7 Å². The number of anilines is 1. The molecule has 0 bridgehead atoms. The number of benzene rings is 2. The van der Waals surface area contributed by atoms with Crippen molar-refractivity contribution in [1.29, 1.82) is 0 Å². The van der Waals surface area contributed by atoms with Gasteiger partial charge in [-0.15, -0.1) is 0 Å². The maximum Gasteiger partial charge on any atom is 0.316 e. The molecule has 2 aromatic rings. The lowest BCUT2D eigenvalue weighted by Crippen LogP contribution is -2.19. The van der Waals surface area contributed by atoms with Gasteiger partial charge in [0.1, 0.15) is 18.2 Å². The summed E-state index contributed by atoms with van der Waals surface area (Å²) in [6.45, 7) is 0.248. The number of urea groups is 1. The highest BCUT2D eigenvalue weighted by atomic mass is 19.1. The smallest absolute Gasteiger partial charge is 0.316 e. The van der Waals surface area contributed by atoms with Gasteiger partial charge in [-0.1, -0.05) is 18.2 Å². The molecule has 0 aliphatic rings. The van der Waals surface area contributed by atoms with Crippen molar-refractivity contribution in [1.82, 2.24) is 0 Å². The number of halogens is 1. The molecule has 4 nitrogen and oxygen atoms in total. The van der Waals surface area contributed by atoms with Gasteiger partial charge in [-0.3, -0.25) is 0 Å². The van der Waals surface area contributed by atoms with Crippen LogP contribution in [-0.2, 0) is 6.61 Å². The van der Waals surface area contributed by atoms with Crippen LogP contribution in [0.4, 0.5) is 14.9 Å². The Morgan fingerprint density at radius 1 is 1.21 bits per heavy atom. The Bertz CT molecular complexity index is 587. The second-order valence-electron chi connectivity index (χ2n) is 3.94. The van der Waals surface area contributed by atoms with Gasteiger partial charge in [-0.05, 0) is 29.8 Å². The number of primary amides is 1. The van der Waals surface area contributed by atoms with Crippen LogP contribution in [0.5, 0.6) is 5.75 Å². The van der Waals surface area contributed by atoms with Crippen molar-refractivity contribution in [2.45, 2.75) is 6.61 Å². The lowest BCUT2D eigenvalue weighted by molar-refractivity contribution is 0.259. The van der Waals surface area contributed by atoms with Crippen molar-refractivity contribution in [2.24, 2.45) is 5.73 Å². The number of nitrogens with one attached hydrogen (secondary N) is 1. The summed E-state index contributed by atoms with van der Waals surface area (Å²) in [6.07, 6.45) is 0. The van der Waals surface area contributed by atoms with Crippen LogP contribution in [-0.4, -0.2) is 6.03 Å². The molecular formula is C14H13FN2O2. The number of hydrogen-bond donors (Lipinski definition) is 2. The van der Waals surface area contributed by atoms with Crippen molar-refractivity contribution in [3.8, 4) is 5.75 Å². The SMILES string of the molecule is NC(=O)Nc1cccc(OCc2cccc(F)c2)c1. The molecule has 19 heavy (non-hydrogen) atoms. The number of nitrogens with two attached hydrogens (primary N) is 1. The molecule has 0 aromatic heterocycles. The Morgan fingerprint density at radius 2 is 2.00 bits per heavy atom. The third-order valence-electron chi connectivity index (χ3n) is 2.40. The maximum absolute atomic E-state index is 13.0. The molecule has 0 radical (unpaired) electrons. The zero-order valence-electron chi connectivity index (χ0n) is 10.1. The van der Waals surface area contributed by atoms with E-state index in [-0.39, 0.29) is 12.4 Å². The Hall–Kier alpha value is -2.56. The van der Waals surface area contributed by atoms with Gasteiger partial charge in [0.15, 0.2) is 0 Å². The van der Waals surface area contributed by atoms with Crippen LogP contribution in [0.25, 0.3) is 0 Å². The quantitative estimate of drug-likeness (QED) is 0.887. The van der Waals surface area contributed by atoms with Crippen LogP contribution < -0.4 is 15.8 Å². The fourth-order valence-electron chi connectivity index (χ4n) is 1.60. The largest absolute Gasteiger partial charge is 0.489 e. The first-order valence-corrected chi connectivity index (χ1v) is 5.67. The molecule has 0 saturated carbocycles. The Labute approximate surface area is 110 Å². The van der Waals surface area contributed by atoms with Crippen molar-refractivity contribution in [3.05, 3.63) is 59.9 Å². The highest BCUT2D eigenvalue weighted by Gasteiger charge is 2.00. The summed E-state index contributed by atoms with van der Waals surface area (Å²) in [5, 5.41) is 2.45. The predicted molar refractivity (Wildman–Crippen MR) is 70.4 cm³/mol. The molecule has 5 heteroatoms. The van der Waals surface area contributed by atoms with E-state index in [0.717, 1.165) is 5.56 Å². The first-order valence-electron chi connectivity index (χ1n) is 5.67. The van der Waals surface area contributed by atoms with Crippen LogP contribution in [0.15, 0.2) is 48.5 Å². The molecular weight excluding hydrogens is 247 g/mol. The number of hydrogen-bond acceptors (Lipinski definition) is 2. The number of amides is 2. The molecule has 0 spiro atoms. The van der Waals surface area contributed by atoms with E-state index in [1.807, 2.05) is 0 Å². The Balaban J connectivity index is 2.01. The second-order valence-corrected chi connectivity index (χ2v) is 3.94. The van der Waals surface area contributed by atoms with Gasteiger partial charge in [0, 0.05) is 11.8 Å². The van der Waals surface area contributed by atoms with E-state index in [4.69, 9.17) is 10.5 Å². The van der Waals surface area contributed by atoms with Gasteiger partial charge in [-0.2, -0.15) is 0 Å². The molecule has 0 heterocycles. The van der Waals surface area contributed by atoms with Crippen molar-refractivity contribution < 1.29 is 13.9 Å². The van der Waals surface area contributed by atoms with Crippen LogP contribution >= 0.6 is 0 Å². The summed E-state index contributed by atoms with van der Waals surface area (Å²) in [5.74, 6) is 0.265. The lowest BCUT2D eigenvalue weighted by atomic mass is 10.2. The number of ether oxygens (including phenoxy) is 1. The fourth-order valence-corrected chi connectivity index (χ4v) is 1.60. The molecule has 0 atom stereocenters. The zero-order chi connectivity index (χ0) is 13.7. The molecule has 0 aliphatic heterocycles. The van der Waals surface area contributed by atoms with Crippen molar-refractivity contribution in [3.63, 3.8) is 0 Å². The maximum atomic E-state index is 13.0. The predicted octanol–water partition coefficient (Wildman–Crippen LogP) is 2.90. The minimum atomic E-state index is -0.637. The third kappa shape index (κ3) is 3.99. The molecule has 0 saturated heterocycles. The van der Waals surface area contributed by atoms with Gasteiger partial charge in [0.2, 0.25) is 0 Å². The average molecular weight is 260 g/mol. The lowest BCUT2D eigenvalue weighted by Gasteiger charge is -2.08. The minimum Gasteiger partial charge on any atom is -0.489 e. The van der Waals surface area contributed by atoms with E-state index in [1.54, 1.807) is 36.4 Å². The highest BCUT2D eigenvalue weighted by molar-refractivity contribution is 5.87.